The number of nitrogens with two attached hydrogens (primary N) is 1. The Hall–Kier alpha value is -2.60. The standard InChI is InChI=1S/C14H12ClN5O/c1-20-5-4-17-14(20)13-12(18-7-11(16)19-13)8-2-3-10(21)9(15)6-8/h2-7,21H,1H3,(H2,16,19). The van der Waals surface area contributed by atoms with Gasteiger partial charge in [-0.3, -0.25) is 0 Å². The monoisotopic (exact) mass is 301 g/mol. The fourth-order valence-electron chi connectivity index (χ4n) is 2.02. The van der Waals surface area contributed by atoms with Crippen molar-refractivity contribution in [1.29, 1.82) is 0 Å². The molecule has 6 nitrogen and oxygen atoms in total. The van der Waals surface area contributed by atoms with Crippen LogP contribution in [0.15, 0.2) is 36.8 Å². The van der Waals surface area contributed by atoms with Crippen LogP contribution in [0.1, 0.15) is 0 Å². The molecule has 0 bridgehead atoms. The number of hydrogen-bond donors (Lipinski definition) is 2. The van der Waals surface area contributed by atoms with Gasteiger partial charge in [-0.2, -0.15) is 0 Å². The molecular weight excluding hydrogens is 290 g/mol. The van der Waals surface area contributed by atoms with Gasteiger partial charge in [0, 0.05) is 25.0 Å². The highest BCUT2D eigenvalue weighted by Gasteiger charge is 2.16. The van der Waals surface area contributed by atoms with Crippen molar-refractivity contribution in [2.45, 2.75) is 0 Å². The molecule has 0 aliphatic carbocycles. The Morgan fingerprint density at radius 1 is 1.24 bits per heavy atom. The first-order valence-corrected chi connectivity index (χ1v) is 6.53. The van der Waals surface area contributed by atoms with E-state index in [9.17, 15) is 5.11 Å². The van der Waals surface area contributed by atoms with Crippen molar-refractivity contribution < 1.29 is 5.11 Å². The largest absolute Gasteiger partial charge is 0.506 e. The van der Waals surface area contributed by atoms with Gasteiger partial charge in [0.2, 0.25) is 0 Å². The van der Waals surface area contributed by atoms with Crippen molar-refractivity contribution in [2.75, 3.05) is 5.73 Å². The zero-order valence-corrected chi connectivity index (χ0v) is 11.9. The Morgan fingerprint density at radius 2 is 2.05 bits per heavy atom. The minimum absolute atomic E-state index is 0.0161. The number of aromatic hydroxyl groups is 1. The minimum atomic E-state index is 0.0161. The number of hydrogen-bond acceptors (Lipinski definition) is 5. The van der Waals surface area contributed by atoms with Crippen molar-refractivity contribution >= 4 is 17.4 Å². The number of benzene rings is 1. The third kappa shape index (κ3) is 2.41. The highest BCUT2D eigenvalue weighted by molar-refractivity contribution is 6.32. The first-order chi connectivity index (χ1) is 10.1. The van der Waals surface area contributed by atoms with Gasteiger partial charge >= 0.3 is 0 Å². The second-order valence-corrected chi connectivity index (χ2v) is 4.93. The van der Waals surface area contributed by atoms with E-state index in [1.165, 1.54) is 12.3 Å². The molecule has 0 saturated heterocycles. The number of rotatable bonds is 2. The number of anilines is 1. The number of imidazole rings is 1. The molecule has 0 aliphatic rings. The van der Waals surface area contributed by atoms with E-state index in [2.05, 4.69) is 15.0 Å². The number of phenolic OH excluding ortho intramolecular Hbond substituents is 1. The van der Waals surface area contributed by atoms with Gasteiger partial charge in [0.25, 0.3) is 0 Å². The summed E-state index contributed by atoms with van der Waals surface area (Å²) in [6.07, 6.45) is 4.96. The molecule has 0 radical (unpaired) electrons. The molecule has 0 unspecified atom stereocenters. The fourth-order valence-corrected chi connectivity index (χ4v) is 2.20. The average molecular weight is 302 g/mol. The lowest BCUT2D eigenvalue weighted by Gasteiger charge is -2.09. The van der Waals surface area contributed by atoms with Gasteiger partial charge < -0.3 is 15.4 Å². The normalized spacial score (nSPS) is 10.8. The van der Waals surface area contributed by atoms with Crippen LogP contribution in [0.5, 0.6) is 5.75 Å². The molecular formula is C14H12ClN5O. The third-order valence-electron chi connectivity index (χ3n) is 3.05. The van der Waals surface area contributed by atoms with Gasteiger partial charge in [0.05, 0.1) is 16.9 Å². The van der Waals surface area contributed by atoms with E-state index in [1.807, 2.05) is 17.8 Å². The van der Waals surface area contributed by atoms with Crippen LogP contribution in [0.25, 0.3) is 22.8 Å². The van der Waals surface area contributed by atoms with E-state index >= 15 is 0 Å². The SMILES string of the molecule is Cn1ccnc1-c1nc(N)cnc1-c1ccc(O)c(Cl)c1. The number of aromatic nitrogens is 4. The summed E-state index contributed by atoms with van der Waals surface area (Å²) in [5.74, 6) is 0.970. The molecule has 2 heterocycles. The van der Waals surface area contributed by atoms with Gasteiger partial charge in [0.1, 0.15) is 17.3 Å². The molecule has 0 amide bonds. The lowest BCUT2D eigenvalue weighted by molar-refractivity contribution is 0.475. The van der Waals surface area contributed by atoms with Gasteiger partial charge in [-0.25, -0.2) is 15.0 Å². The van der Waals surface area contributed by atoms with Crippen LogP contribution in [-0.4, -0.2) is 24.6 Å². The van der Waals surface area contributed by atoms with Crippen LogP contribution >= 0.6 is 11.6 Å². The van der Waals surface area contributed by atoms with E-state index in [-0.39, 0.29) is 10.8 Å². The van der Waals surface area contributed by atoms with Crippen LogP contribution in [0.2, 0.25) is 5.02 Å². The fraction of sp³-hybridized carbons (Fsp3) is 0.0714. The van der Waals surface area contributed by atoms with Gasteiger partial charge in [0.15, 0.2) is 5.82 Å². The van der Waals surface area contributed by atoms with Gasteiger partial charge in [-0.15, -0.1) is 0 Å². The molecule has 0 fully saturated rings. The molecule has 0 aliphatic heterocycles. The van der Waals surface area contributed by atoms with Gasteiger partial charge in [-0.05, 0) is 18.2 Å². The maximum Gasteiger partial charge on any atom is 0.160 e. The predicted molar refractivity (Wildman–Crippen MR) is 80.8 cm³/mol. The summed E-state index contributed by atoms with van der Waals surface area (Å²) in [7, 11) is 1.86. The van der Waals surface area contributed by atoms with Crippen molar-refractivity contribution in [2.24, 2.45) is 7.05 Å². The van der Waals surface area contributed by atoms with E-state index in [1.54, 1.807) is 18.3 Å². The summed E-state index contributed by atoms with van der Waals surface area (Å²) in [6.45, 7) is 0. The molecule has 3 rings (SSSR count). The second kappa shape index (κ2) is 5.06. The molecule has 3 N–H and O–H groups in total. The Kier molecular flexibility index (Phi) is 3.23. The van der Waals surface area contributed by atoms with E-state index < -0.39 is 0 Å². The lowest BCUT2D eigenvalue weighted by atomic mass is 10.1. The first kappa shape index (κ1) is 13.4. The average Bonchev–Trinajstić information content (AvgIpc) is 2.88. The minimum Gasteiger partial charge on any atom is -0.506 e. The molecule has 2 aromatic heterocycles. The van der Waals surface area contributed by atoms with E-state index in [0.29, 0.717) is 23.0 Å². The van der Waals surface area contributed by atoms with E-state index in [0.717, 1.165) is 5.56 Å². The van der Waals surface area contributed by atoms with Crippen LogP contribution in [-0.2, 0) is 7.05 Å². The number of phenols is 1. The molecule has 21 heavy (non-hydrogen) atoms. The smallest absolute Gasteiger partial charge is 0.160 e. The highest BCUT2D eigenvalue weighted by Crippen LogP contribution is 2.32. The van der Waals surface area contributed by atoms with Crippen LogP contribution < -0.4 is 5.73 Å². The lowest BCUT2D eigenvalue weighted by Crippen LogP contribution is -2.02. The summed E-state index contributed by atoms with van der Waals surface area (Å²) >= 11 is 5.96. The van der Waals surface area contributed by atoms with Crippen LogP contribution in [0, 0.1) is 0 Å². The summed E-state index contributed by atoms with van der Waals surface area (Å²) in [4.78, 5) is 12.9. The third-order valence-corrected chi connectivity index (χ3v) is 3.35. The van der Waals surface area contributed by atoms with Crippen molar-refractivity contribution in [3.8, 4) is 28.5 Å². The van der Waals surface area contributed by atoms with Crippen molar-refractivity contribution in [3.05, 3.63) is 41.8 Å². The Bertz CT molecular complexity index is 815. The summed E-state index contributed by atoms with van der Waals surface area (Å²) in [6, 6.07) is 4.86. The topological polar surface area (TPSA) is 89.9 Å². The Morgan fingerprint density at radius 3 is 2.71 bits per heavy atom. The van der Waals surface area contributed by atoms with Crippen LogP contribution in [0.3, 0.4) is 0 Å². The zero-order chi connectivity index (χ0) is 15.0. The van der Waals surface area contributed by atoms with E-state index in [4.69, 9.17) is 17.3 Å². The summed E-state index contributed by atoms with van der Waals surface area (Å²) in [5, 5.41) is 9.77. The Balaban J connectivity index is 2.23. The van der Waals surface area contributed by atoms with Gasteiger partial charge in [-0.1, -0.05) is 11.6 Å². The van der Waals surface area contributed by atoms with Crippen LogP contribution in [0.4, 0.5) is 5.82 Å². The number of nitrogens with zero attached hydrogens (tertiary/aromatic N) is 4. The molecule has 0 saturated carbocycles. The highest BCUT2D eigenvalue weighted by atomic mass is 35.5. The second-order valence-electron chi connectivity index (χ2n) is 4.52. The summed E-state index contributed by atoms with van der Waals surface area (Å²) < 4.78 is 1.83. The zero-order valence-electron chi connectivity index (χ0n) is 11.2. The summed E-state index contributed by atoms with van der Waals surface area (Å²) in [5.41, 5.74) is 7.62. The maximum absolute atomic E-state index is 9.53. The number of halogens is 1. The maximum atomic E-state index is 9.53. The number of nitrogen functional groups attached to an aromatic ring is 1. The molecule has 0 spiro atoms. The van der Waals surface area contributed by atoms with Crippen molar-refractivity contribution in [1.82, 2.24) is 19.5 Å². The first-order valence-electron chi connectivity index (χ1n) is 6.15. The quantitative estimate of drug-likeness (QED) is 0.759. The molecule has 7 heteroatoms. The van der Waals surface area contributed by atoms with Crippen molar-refractivity contribution in [3.63, 3.8) is 0 Å². The number of aryl methyl sites for hydroxylation is 1. The molecule has 1 aromatic carbocycles. The predicted octanol–water partition coefficient (Wildman–Crippen LogP) is 2.49. The Labute approximate surface area is 125 Å². The molecule has 0 atom stereocenters. The molecule has 3 aromatic rings. The molecule has 106 valence electrons.